The van der Waals surface area contributed by atoms with Crippen molar-refractivity contribution in [3.05, 3.63) is 47.7 Å². The van der Waals surface area contributed by atoms with Crippen LogP contribution in [0.3, 0.4) is 0 Å². The van der Waals surface area contributed by atoms with Gasteiger partial charge in [-0.15, -0.1) is 0 Å². The lowest BCUT2D eigenvalue weighted by Gasteiger charge is -2.13. The summed E-state index contributed by atoms with van der Waals surface area (Å²) in [4.78, 5) is 25.5. The number of amides is 1. The predicted octanol–water partition coefficient (Wildman–Crippen LogP) is 2.37. The third-order valence-electron chi connectivity index (χ3n) is 5.68. The van der Waals surface area contributed by atoms with E-state index in [4.69, 9.17) is 23.4 Å². The van der Waals surface area contributed by atoms with Crippen molar-refractivity contribution in [2.45, 2.75) is 12.5 Å². The van der Waals surface area contributed by atoms with E-state index in [1.165, 1.54) is 27.6 Å². The molecule has 1 atom stereocenters. The summed E-state index contributed by atoms with van der Waals surface area (Å²) in [7, 11) is 1.30. The average molecular weight is 504 g/mol. The largest absolute Gasteiger partial charge is 0.493 e. The van der Waals surface area contributed by atoms with E-state index in [0.29, 0.717) is 51.5 Å². The first-order valence-corrected chi connectivity index (χ1v) is 12.6. The molecule has 1 fully saturated rings. The van der Waals surface area contributed by atoms with Crippen molar-refractivity contribution in [1.82, 2.24) is 5.32 Å². The van der Waals surface area contributed by atoms with Gasteiger partial charge in [0, 0.05) is 17.0 Å². The molecule has 1 amide bonds. The van der Waals surface area contributed by atoms with E-state index in [9.17, 15) is 18.0 Å². The molecule has 0 saturated carbocycles. The van der Waals surface area contributed by atoms with Crippen LogP contribution in [0, 0.1) is 0 Å². The number of benzene rings is 2. The molecule has 0 aliphatic carbocycles. The number of nitrogens with one attached hydrogen (secondary N) is 1. The zero-order valence-electron chi connectivity index (χ0n) is 19.5. The molecule has 2 heterocycles. The van der Waals surface area contributed by atoms with Crippen LogP contribution in [0.1, 0.15) is 22.3 Å². The zero-order chi connectivity index (χ0) is 25.2. The fraction of sp³-hybridized carbons (Fsp3) is 0.333. The SMILES string of the molecule is COc1cc(C(=O)c2coc3ccc(OCC(=O)NC4CCS(=O)(=O)C4)cc23)cc(OC)c1OC. The lowest BCUT2D eigenvalue weighted by Crippen LogP contribution is -2.38. The Kier molecular flexibility index (Phi) is 6.88. The number of rotatable bonds is 9. The Labute approximate surface area is 202 Å². The molecule has 1 aromatic heterocycles. The van der Waals surface area contributed by atoms with E-state index in [-0.39, 0.29) is 23.9 Å². The van der Waals surface area contributed by atoms with Gasteiger partial charge in [0.1, 0.15) is 17.6 Å². The molecule has 4 rings (SSSR count). The van der Waals surface area contributed by atoms with Gasteiger partial charge < -0.3 is 28.7 Å². The van der Waals surface area contributed by atoms with Gasteiger partial charge in [0.15, 0.2) is 33.7 Å². The Balaban J connectivity index is 1.52. The lowest BCUT2D eigenvalue weighted by atomic mass is 10.0. The van der Waals surface area contributed by atoms with Crippen molar-refractivity contribution in [2.75, 3.05) is 39.4 Å². The minimum Gasteiger partial charge on any atom is -0.493 e. The van der Waals surface area contributed by atoms with E-state index >= 15 is 0 Å². The van der Waals surface area contributed by atoms with Gasteiger partial charge in [-0.1, -0.05) is 0 Å². The van der Waals surface area contributed by atoms with E-state index in [0.717, 1.165) is 0 Å². The summed E-state index contributed by atoms with van der Waals surface area (Å²) in [5, 5.41) is 3.17. The third kappa shape index (κ3) is 5.19. The van der Waals surface area contributed by atoms with Crippen LogP contribution in [-0.2, 0) is 14.6 Å². The van der Waals surface area contributed by atoms with Gasteiger partial charge in [-0.2, -0.15) is 0 Å². The molecular weight excluding hydrogens is 478 g/mol. The molecule has 35 heavy (non-hydrogen) atoms. The molecule has 1 aliphatic rings. The molecule has 2 aromatic carbocycles. The van der Waals surface area contributed by atoms with Crippen LogP contribution in [0.25, 0.3) is 11.0 Å². The van der Waals surface area contributed by atoms with Gasteiger partial charge in [-0.05, 0) is 36.8 Å². The number of ketones is 1. The summed E-state index contributed by atoms with van der Waals surface area (Å²) in [6, 6.07) is 7.56. The Morgan fingerprint density at radius 2 is 1.77 bits per heavy atom. The molecule has 1 saturated heterocycles. The lowest BCUT2D eigenvalue weighted by molar-refractivity contribution is -0.123. The summed E-state index contributed by atoms with van der Waals surface area (Å²) in [5.74, 6) is 0.652. The zero-order valence-corrected chi connectivity index (χ0v) is 20.3. The number of furan rings is 1. The van der Waals surface area contributed by atoms with Crippen LogP contribution >= 0.6 is 0 Å². The van der Waals surface area contributed by atoms with Gasteiger partial charge in [0.2, 0.25) is 5.75 Å². The number of carbonyl (C=O) groups excluding carboxylic acids is 2. The van der Waals surface area contributed by atoms with Crippen molar-refractivity contribution in [2.24, 2.45) is 0 Å². The molecule has 10 nitrogen and oxygen atoms in total. The predicted molar refractivity (Wildman–Crippen MR) is 126 cm³/mol. The Morgan fingerprint density at radius 3 is 2.37 bits per heavy atom. The number of methoxy groups -OCH3 is 3. The highest BCUT2D eigenvalue weighted by Crippen LogP contribution is 2.39. The average Bonchev–Trinajstić information content (AvgIpc) is 3.42. The van der Waals surface area contributed by atoms with Crippen molar-refractivity contribution < 1.29 is 41.4 Å². The molecular formula is C24H25NO9S. The second kappa shape index (κ2) is 9.87. The fourth-order valence-electron chi connectivity index (χ4n) is 3.97. The number of hydrogen-bond acceptors (Lipinski definition) is 9. The molecule has 186 valence electrons. The topological polar surface area (TPSA) is 130 Å². The molecule has 1 unspecified atom stereocenters. The third-order valence-corrected chi connectivity index (χ3v) is 7.45. The smallest absolute Gasteiger partial charge is 0.258 e. The standard InChI is InChI=1S/C24H25NO9S/c1-30-20-8-14(9-21(31-2)24(20)32-3)23(27)18-11-34-19-5-4-16(10-17(18)19)33-12-22(26)25-15-6-7-35(28,29)13-15/h4-5,8-11,15H,6-7,12-13H2,1-3H3,(H,25,26). The van der Waals surface area contributed by atoms with Gasteiger partial charge >= 0.3 is 0 Å². The van der Waals surface area contributed by atoms with Crippen LogP contribution in [0.4, 0.5) is 0 Å². The number of ether oxygens (including phenoxy) is 4. The molecule has 0 spiro atoms. The van der Waals surface area contributed by atoms with Crippen molar-refractivity contribution >= 4 is 32.5 Å². The summed E-state index contributed by atoms with van der Waals surface area (Å²) in [5.41, 5.74) is 1.06. The minimum atomic E-state index is -3.10. The first kappa shape index (κ1) is 24.4. The Bertz CT molecular complexity index is 1350. The van der Waals surface area contributed by atoms with Crippen LogP contribution in [0.15, 0.2) is 41.0 Å². The highest BCUT2D eigenvalue weighted by atomic mass is 32.2. The molecule has 11 heteroatoms. The van der Waals surface area contributed by atoms with Crippen LogP contribution in [0.2, 0.25) is 0 Å². The maximum atomic E-state index is 13.3. The number of hydrogen-bond donors (Lipinski definition) is 1. The molecule has 0 radical (unpaired) electrons. The first-order chi connectivity index (χ1) is 16.7. The Morgan fingerprint density at radius 1 is 1.06 bits per heavy atom. The van der Waals surface area contributed by atoms with Crippen molar-refractivity contribution in [3.63, 3.8) is 0 Å². The van der Waals surface area contributed by atoms with Crippen molar-refractivity contribution in [3.8, 4) is 23.0 Å². The van der Waals surface area contributed by atoms with Crippen LogP contribution in [-0.4, -0.2) is 65.6 Å². The summed E-state index contributed by atoms with van der Waals surface area (Å²) < 4.78 is 50.2. The monoisotopic (exact) mass is 503 g/mol. The van der Waals surface area contributed by atoms with Gasteiger partial charge in [-0.25, -0.2) is 8.42 Å². The van der Waals surface area contributed by atoms with E-state index in [1.54, 1.807) is 30.3 Å². The molecule has 3 aromatic rings. The maximum absolute atomic E-state index is 13.3. The minimum absolute atomic E-state index is 0.0634. The normalized spacial score (nSPS) is 16.6. The number of fused-ring (bicyclic) bond motifs is 1. The molecule has 1 N–H and O–H groups in total. The Hall–Kier alpha value is -3.73. The quantitative estimate of drug-likeness (QED) is 0.437. The number of sulfone groups is 1. The first-order valence-electron chi connectivity index (χ1n) is 10.7. The van der Waals surface area contributed by atoms with Gasteiger partial charge in [0.25, 0.3) is 5.91 Å². The van der Waals surface area contributed by atoms with E-state index in [2.05, 4.69) is 5.32 Å². The maximum Gasteiger partial charge on any atom is 0.258 e. The van der Waals surface area contributed by atoms with Crippen LogP contribution in [0.5, 0.6) is 23.0 Å². The van der Waals surface area contributed by atoms with Crippen molar-refractivity contribution in [1.29, 1.82) is 0 Å². The van der Waals surface area contributed by atoms with Gasteiger partial charge in [-0.3, -0.25) is 9.59 Å². The summed E-state index contributed by atoms with van der Waals surface area (Å²) in [6.45, 7) is -0.296. The van der Waals surface area contributed by atoms with Gasteiger partial charge in [0.05, 0.1) is 38.4 Å². The van der Waals surface area contributed by atoms with Crippen LogP contribution < -0.4 is 24.3 Å². The molecule has 0 bridgehead atoms. The second-order valence-corrected chi connectivity index (χ2v) is 10.2. The summed E-state index contributed by atoms with van der Waals surface area (Å²) >= 11 is 0. The summed E-state index contributed by atoms with van der Waals surface area (Å²) in [6.07, 6.45) is 1.74. The van der Waals surface area contributed by atoms with E-state index in [1.807, 2.05) is 0 Å². The molecule has 1 aliphatic heterocycles. The highest BCUT2D eigenvalue weighted by molar-refractivity contribution is 7.91. The van der Waals surface area contributed by atoms with E-state index < -0.39 is 21.8 Å². The second-order valence-electron chi connectivity index (χ2n) is 8.01. The highest BCUT2D eigenvalue weighted by Gasteiger charge is 2.29. The number of carbonyl (C=O) groups is 2. The fourth-order valence-corrected chi connectivity index (χ4v) is 5.64.